The van der Waals surface area contributed by atoms with Gasteiger partial charge in [-0.25, -0.2) is 15.0 Å². The number of nitrogen functional groups attached to an aromatic ring is 1. The molecule has 2 N–H and O–H groups in total. The van der Waals surface area contributed by atoms with E-state index in [1.54, 1.807) is 18.0 Å². The molecule has 1 saturated heterocycles. The van der Waals surface area contributed by atoms with Gasteiger partial charge in [0.1, 0.15) is 18.1 Å². The van der Waals surface area contributed by atoms with Crippen molar-refractivity contribution in [3.8, 4) is 17.1 Å². The summed E-state index contributed by atoms with van der Waals surface area (Å²) in [4.78, 5) is 16.7. The zero-order chi connectivity index (χ0) is 21.8. The first kappa shape index (κ1) is 20.3. The number of hydrogen-bond acceptors (Lipinski definition) is 8. The van der Waals surface area contributed by atoms with Crippen molar-refractivity contribution in [2.75, 3.05) is 36.7 Å². The van der Waals surface area contributed by atoms with Gasteiger partial charge in [-0.3, -0.25) is 0 Å². The Kier molecular flexibility index (Phi) is 4.94. The molecule has 0 aliphatic carbocycles. The van der Waals surface area contributed by atoms with Gasteiger partial charge in [0.25, 0.3) is 0 Å². The van der Waals surface area contributed by atoms with Crippen molar-refractivity contribution in [2.24, 2.45) is 0 Å². The molecule has 7 nitrogen and oxygen atoms in total. The highest BCUT2D eigenvalue weighted by atomic mass is 32.2. The topological polar surface area (TPSA) is 86.4 Å². The minimum absolute atomic E-state index is 0.160. The van der Waals surface area contributed by atoms with Gasteiger partial charge in [-0.2, -0.15) is 11.8 Å². The Hall–Kier alpha value is -2.58. The van der Waals surface area contributed by atoms with Crippen molar-refractivity contribution in [2.45, 2.75) is 37.6 Å². The van der Waals surface area contributed by atoms with Gasteiger partial charge in [0.2, 0.25) is 0 Å². The van der Waals surface area contributed by atoms with E-state index in [0.717, 1.165) is 33.6 Å². The summed E-state index contributed by atoms with van der Waals surface area (Å²) in [7, 11) is 0. The molecule has 162 valence electrons. The number of nitrogens with zero attached hydrogens (tertiary/aromatic N) is 4. The Balaban J connectivity index is 1.71. The molecule has 0 radical (unpaired) electrons. The monoisotopic (exact) mass is 437 g/mol. The van der Waals surface area contributed by atoms with E-state index in [-0.39, 0.29) is 16.8 Å². The minimum Gasteiger partial charge on any atom is -0.486 e. The fourth-order valence-corrected chi connectivity index (χ4v) is 4.59. The molecule has 31 heavy (non-hydrogen) atoms. The van der Waals surface area contributed by atoms with Crippen LogP contribution in [0, 0.1) is 0 Å². The average Bonchev–Trinajstić information content (AvgIpc) is 2.77. The van der Waals surface area contributed by atoms with Crippen LogP contribution in [0.5, 0.6) is 5.75 Å². The van der Waals surface area contributed by atoms with Crippen molar-refractivity contribution in [3.05, 3.63) is 36.2 Å². The Morgan fingerprint density at radius 1 is 1.13 bits per heavy atom. The lowest BCUT2D eigenvalue weighted by Crippen LogP contribution is -2.56. The normalized spacial score (nSPS) is 20.8. The molecule has 5 rings (SSSR count). The number of fused-ring (bicyclic) bond motifs is 4. The van der Waals surface area contributed by atoms with Gasteiger partial charge in [-0.05, 0) is 44.5 Å². The molecule has 0 spiro atoms. The smallest absolute Gasteiger partial charge is 0.184 e. The first-order valence-electron chi connectivity index (χ1n) is 10.5. The number of hydrogen-bond donors (Lipinski definition) is 1. The van der Waals surface area contributed by atoms with Crippen LogP contribution in [-0.2, 0) is 9.48 Å². The summed E-state index contributed by atoms with van der Waals surface area (Å²) in [5, 5.41) is 2.05. The van der Waals surface area contributed by atoms with Gasteiger partial charge in [0.15, 0.2) is 17.4 Å². The molecule has 2 atom stereocenters. The number of anilines is 2. The summed E-state index contributed by atoms with van der Waals surface area (Å²) in [5.74, 6) is 2.87. The molecule has 2 aromatic heterocycles. The van der Waals surface area contributed by atoms with E-state index in [2.05, 4.69) is 43.0 Å². The molecule has 2 aliphatic rings. The first-order chi connectivity index (χ1) is 14.9. The highest BCUT2D eigenvalue weighted by Crippen LogP contribution is 2.46. The molecule has 4 heterocycles. The van der Waals surface area contributed by atoms with Crippen LogP contribution in [0.4, 0.5) is 11.6 Å². The quantitative estimate of drug-likeness (QED) is 0.661. The van der Waals surface area contributed by atoms with E-state index < -0.39 is 0 Å². The zero-order valence-electron chi connectivity index (χ0n) is 18.3. The van der Waals surface area contributed by atoms with Crippen molar-refractivity contribution < 1.29 is 9.47 Å². The lowest BCUT2D eigenvalue weighted by Gasteiger charge is -2.45. The van der Waals surface area contributed by atoms with E-state index in [1.807, 2.05) is 18.2 Å². The lowest BCUT2D eigenvalue weighted by atomic mass is 10.0. The maximum atomic E-state index is 6.25. The fraction of sp³-hybridized carbons (Fsp3) is 0.435. The van der Waals surface area contributed by atoms with Crippen LogP contribution in [-0.4, -0.2) is 53.1 Å². The van der Waals surface area contributed by atoms with Gasteiger partial charge in [-0.15, -0.1) is 0 Å². The van der Waals surface area contributed by atoms with E-state index in [1.165, 1.54) is 0 Å². The summed E-state index contributed by atoms with van der Waals surface area (Å²) >= 11 is 1.75. The van der Waals surface area contributed by atoms with Gasteiger partial charge < -0.3 is 20.1 Å². The van der Waals surface area contributed by atoms with Crippen LogP contribution in [0.2, 0.25) is 0 Å². The minimum atomic E-state index is -0.225. The second-order valence-corrected chi connectivity index (χ2v) is 10.1. The molecular weight excluding hydrogens is 410 g/mol. The van der Waals surface area contributed by atoms with Gasteiger partial charge in [0, 0.05) is 17.1 Å². The Morgan fingerprint density at radius 3 is 2.77 bits per heavy atom. The summed E-state index contributed by atoms with van der Waals surface area (Å²) in [5.41, 5.74) is 7.71. The molecule has 0 bridgehead atoms. The largest absolute Gasteiger partial charge is 0.486 e. The highest BCUT2D eigenvalue weighted by Gasteiger charge is 2.40. The average molecular weight is 438 g/mol. The van der Waals surface area contributed by atoms with Gasteiger partial charge >= 0.3 is 0 Å². The Labute approximate surface area is 186 Å². The zero-order valence-corrected chi connectivity index (χ0v) is 19.1. The third-order valence-corrected chi connectivity index (χ3v) is 7.35. The van der Waals surface area contributed by atoms with Crippen LogP contribution in [0.15, 0.2) is 30.5 Å². The van der Waals surface area contributed by atoms with Crippen LogP contribution in [0.3, 0.4) is 0 Å². The van der Waals surface area contributed by atoms with Crippen molar-refractivity contribution in [3.63, 3.8) is 0 Å². The molecule has 3 aromatic rings. The number of nitrogens with two attached hydrogens (primary N) is 1. The van der Waals surface area contributed by atoms with E-state index in [9.17, 15) is 0 Å². The molecular formula is C23H27N5O2S. The Morgan fingerprint density at radius 2 is 1.97 bits per heavy atom. The second kappa shape index (κ2) is 7.53. The van der Waals surface area contributed by atoms with Gasteiger partial charge in [-0.1, -0.05) is 12.1 Å². The second-order valence-electron chi connectivity index (χ2n) is 8.69. The maximum absolute atomic E-state index is 6.25. The van der Waals surface area contributed by atoms with Crippen LogP contribution < -0.4 is 15.4 Å². The molecule has 8 heteroatoms. The molecule has 0 unspecified atom stereocenters. The standard InChI is InChI=1S/C23H27N5O2S/c1-13-10-29-11-17-12-30-19-20(23(2,3)31-4)26-21(27-22(19)28(13)17)15-6-5-14-8-18(24)25-9-16(14)7-15/h5-9,13,17H,10-12H2,1-4H3,(H2,24,25)/t13-,17+/m1/s1. The van der Waals surface area contributed by atoms with Gasteiger partial charge in [0.05, 0.1) is 30.0 Å². The van der Waals surface area contributed by atoms with Crippen molar-refractivity contribution >= 4 is 34.2 Å². The molecule has 0 saturated carbocycles. The third-order valence-electron chi connectivity index (χ3n) is 6.13. The summed E-state index contributed by atoms with van der Waals surface area (Å²) < 4.78 is 11.8. The molecule has 1 fully saturated rings. The summed E-state index contributed by atoms with van der Waals surface area (Å²) in [6, 6.07) is 8.42. The number of pyridine rings is 1. The Bertz CT molecular complexity index is 1150. The SMILES string of the molecule is CSC(C)(C)c1nc(-c2ccc3cc(N)ncc3c2)nc2c1OC[C@@H]1COC[C@@H](C)N21. The molecule has 1 aromatic carbocycles. The predicted octanol–water partition coefficient (Wildman–Crippen LogP) is 3.86. The number of morpholine rings is 1. The van der Waals surface area contributed by atoms with Crippen LogP contribution in [0.25, 0.3) is 22.2 Å². The number of aromatic nitrogens is 3. The first-order valence-corrected chi connectivity index (χ1v) is 11.7. The van der Waals surface area contributed by atoms with Crippen LogP contribution in [0.1, 0.15) is 26.5 Å². The lowest BCUT2D eigenvalue weighted by molar-refractivity contribution is 0.0482. The number of benzene rings is 1. The third kappa shape index (κ3) is 3.47. The van der Waals surface area contributed by atoms with E-state index in [0.29, 0.717) is 31.5 Å². The molecule has 2 aliphatic heterocycles. The van der Waals surface area contributed by atoms with Crippen LogP contribution >= 0.6 is 11.8 Å². The molecule has 0 amide bonds. The predicted molar refractivity (Wildman–Crippen MR) is 126 cm³/mol. The number of rotatable bonds is 3. The van der Waals surface area contributed by atoms with E-state index >= 15 is 0 Å². The van der Waals surface area contributed by atoms with E-state index in [4.69, 9.17) is 25.2 Å². The number of ether oxygens (including phenoxy) is 2. The fourth-order valence-electron chi connectivity index (χ4n) is 4.26. The summed E-state index contributed by atoms with van der Waals surface area (Å²) in [6.07, 6.45) is 3.89. The van der Waals surface area contributed by atoms with Crippen molar-refractivity contribution in [1.29, 1.82) is 0 Å². The maximum Gasteiger partial charge on any atom is 0.184 e. The number of thioether (sulfide) groups is 1. The van der Waals surface area contributed by atoms with Crippen molar-refractivity contribution in [1.82, 2.24) is 15.0 Å². The highest BCUT2D eigenvalue weighted by molar-refractivity contribution is 7.99. The summed E-state index contributed by atoms with van der Waals surface area (Å²) in [6.45, 7) is 8.44.